The summed E-state index contributed by atoms with van der Waals surface area (Å²) >= 11 is 0. The lowest BCUT2D eigenvalue weighted by molar-refractivity contribution is -0.120. The third-order valence-electron chi connectivity index (χ3n) is 2.77. The number of hydrogen-bond acceptors (Lipinski definition) is 3. The van der Waals surface area contributed by atoms with E-state index in [-0.39, 0.29) is 0 Å². The minimum atomic E-state index is 0.423. The molecular formula is C15H22O3. The van der Waals surface area contributed by atoms with E-state index >= 15 is 0 Å². The van der Waals surface area contributed by atoms with Gasteiger partial charge in [-0.1, -0.05) is 39.0 Å². The molecule has 0 spiro atoms. The van der Waals surface area contributed by atoms with Crippen LogP contribution < -0.4 is 9.47 Å². The van der Waals surface area contributed by atoms with Crippen LogP contribution in [-0.2, 0) is 4.79 Å². The van der Waals surface area contributed by atoms with Gasteiger partial charge < -0.3 is 9.47 Å². The van der Waals surface area contributed by atoms with E-state index in [4.69, 9.17) is 9.47 Å². The Kier molecular flexibility index (Phi) is 7.69. The smallest absolute Gasteiger partial charge is 0.298 e. The lowest BCUT2D eigenvalue weighted by Crippen LogP contribution is -1.97. The van der Waals surface area contributed by atoms with Crippen molar-refractivity contribution < 1.29 is 14.3 Å². The zero-order valence-corrected chi connectivity index (χ0v) is 11.1. The topological polar surface area (TPSA) is 35.5 Å². The van der Waals surface area contributed by atoms with E-state index in [1.54, 1.807) is 12.1 Å². The molecular weight excluding hydrogens is 228 g/mol. The molecule has 0 heterocycles. The molecule has 0 bridgehead atoms. The van der Waals surface area contributed by atoms with Crippen LogP contribution in [0.2, 0.25) is 0 Å². The Morgan fingerprint density at radius 1 is 0.944 bits per heavy atom. The average molecular weight is 250 g/mol. The molecule has 0 radical (unpaired) electrons. The molecule has 0 aliphatic heterocycles. The van der Waals surface area contributed by atoms with Gasteiger partial charge in [0.1, 0.15) is 11.5 Å². The van der Waals surface area contributed by atoms with E-state index < -0.39 is 0 Å². The average Bonchev–Trinajstić information content (AvgIpc) is 2.40. The van der Waals surface area contributed by atoms with Crippen LogP contribution >= 0.6 is 0 Å². The molecule has 3 nitrogen and oxygen atoms in total. The molecule has 0 saturated heterocycles. The highest BCUT2D eigenvalue weighted by atomic mass is 16.5. The van der Waals surface area contributed by atoms with Crippen LogP contribution in [0.5, 0.6) is 11.5 Å². The maximum absolute atomic E-state index is 10.1. The molecule has 0 aliphatic rings. The highest BCUT2D eigenvalue weighted by Crippen LogP contribution is 2.17. The molecule has 0 N–H and O–H groups in total. The van der Waals surface area contributed by atoms with E-state index in [0.717, 1.165) is 18.8 Å². The Morgan fingerprint density at radius 2 is 1.56 bits per heavy atom. The second-order valence-corrected chi connectivity index (χ2v) is 4.30. The van der Waals surface area contributed by atoms with E-state index in [1.807, 2.05) is 12.1 Å². The largest absolute Gasteiger partial charge is 0.494 e. The third kappa shape index (κ3) is 6.28. The van der Waals surface area contributed by atoms with Gasteiger partial charge in [0.2, 0.25) is 0 Å². The van der Waals surface area contributed by atoms with Crippen molar-refractivity contribution in [1.82, 2.24) is 0 Å². The van der Waals surface area contributed by atoms with Gasteiger partial charge in [0.15, 0.2) is 0 Å². The fraction of sp³-hybridized carbons (Fsp3) is 0.533. The summed E-state index contributed by atoms with van der Waals surface area (Å²) < 4.78 is 10.3. The van der Waals surface area contributed by atoms with Crippen molar-refractivity contribution in [3.05, 3.63) is 24.3 Å². The molecule has 0 fully saturated rings. The Morgan fingerprint density at radius 3 is 2.22 bits per heavy atom. The summed E-state index contributed by atoms with van der Waals surface area (Å²) in [5, 5.41) is 0. The number of unbranched alkanes of at least 4 members (excludes halogenated alkanes) is 5. The first-order valence-corrected chi connectivity index (χ1v) is 6.70. The predicted molar refractivity (Wildman–Crippen MR) is 72.0 cm³/mol. The molecule has 0 amide bonds. The summed E-state index contributed by atoms with van der Waals surface area (Å²) in [6.07, 6.45) is 7.56. The second kappa shape index (κ2) is 9.51. The van der Waals surface area contributed by atoms with Crippen molar-refractivity contribution in [3.8, 4) is 11.5 Å². The summed E-state index contributed by atoms with van der Waals surface area (Å²) in [4.78, 5) is 10.1. The molecule has 3 heteroatoms. The van der Waals surface area contributed by atoms with Gasteiger partial charge in [-0.05, 0) is 30.7 Å². The maximum atomic E-state index is 10.1. The lowest BCUT2D eigenvalue weighted by Gasteiger charge is -2.06. The predicted octanol–water partition coefficient (Wildman–Crippen LogP) is 3.96. The van der Waals surface area contributed by atoms with Crippen LogP contribution in [0.25, 0.3) is 0 Å². The molecule has 0 saturated carbocycles. The number of ether oxygens (including phenoxy) is 2. The second-order valence-electron chi connectivity index (χ2n) is 4.30. The van der Waals surface area contributed by atoms with Crippen LogP contribution in [0.1, 0.15) is 45.4 Å². The highest BCUT2D eigenvalue weighted by Gasteiger charge is 1.96. The van der Waals surface area contributed by atoms with Gasteiger partial charge in [0.05, 0.1) is 6.61 Å². The summed E-state index contributed by atoms with van der Waals surface area (Å²) in [5.41, 5.74) is 0. The van der Waals surface area contributed by atoms with Crippen molar-refractivity contribution in [2.45, 2.75) is 45.4 Å². The zero-order valence-electron chi connectivity index (χ0n) is 11.1. The minimum Gasteiger partial charge on any atom is -0.494 e. The van der Waals surface area contributed by atoms with Gasteiger partial charge in [0, 0.05) is 0 Å². The molecule has 0 aromatic heterocycles. The standard InChI is InChI=1S/C15H22O3/c1-2-3-4-5-6-7-12-17-14-8-10-15(11-9-14)18-13-16/h8-11,13H,2-7,12H2,1H3. The third-order valence-corrected chi connectivity index (χ3v) is 2.77. The van der Waals surface area contributed by atoms with Crippen molar-refractivity contribution in [1.29, 1.82) is 0 Å². The Hall–Kier alpha value is -1.51. The van der Waals surface area contributed by atoms with Crippen LogP contribution in [0.4, 0.5) is 0 Å². The van der Waals surface area contributed by atoms with Gasteiger partial charge in [-0.15, -0.1) is 0 Å². The molecule has 0 aliphatic carbocycles. The van der Waals surface area contributed by atoms with Gasteiger partial charge in [-0.25, -0.2) is 0 Å². The van der Waals surface area contributed by atoms with E-state index in [2.05, 4.69) is 6.92 Å². The summed E-state index contributed by atoms with van der Waals surface area (Å²) in [6.45, 7) is 3.40. The van der Waals surface area contributed by atoms with Gasteiger partial charge in [-0.3, -0.25) is 4.79 Å². The SMILES string of the molecule is CCCCCCCCOc1ccc(OC=O)cc1. The molecule has 100 valence electrons. The molecule has 1 aromatic rings. The first kappa shape index (κ1) is 14.6. The van der Waals surface area contributed by atoms with Crippen LogP contribution in [-0.4, -0.2) is 13.1 Å². The molecule has 0 atom stereocenters. The number of rotatable bonds is 10. The number of hydrogen-bond donors (Lipinski definition) is 0. The normalized spacial score (nSPS) is 10.1. The van der Waals surface area contributed by atoms with Crippen LogP contribution in [0.15, 0.2) is 24.3 Å². The van der Waals surface area contributed by atoms with E-state index in [1.165, 1.54) is 32.1 Å². The highest BCUT2D eigenvalue weighted by molar-refractivity contribution is 5.45. The first-order chi connectivity index (χ1) is 8.86. The lowest BCUT2D eigenvalue weighted by atomic mass is 10.1. The van der Waals surface area contributed by atoms with Gasteiger partial charge in [-0.2, -0.15) is 0 Å². The monoisotopic (exact) mass is 250 g/mol. The summed E-state index contributed by atoms with van der Waals surface area (Å²) in [6, 6.07) is 7.09. The Balaban J connectivity index is 2.09. The number of carbonyl (C=O) groups excluding carboxylic acids is 1. The first-order valence-electron chi connectivity index (χ1n) is 6.70. The van der Waals surface area contributed by atoms with Crippen molar-refractivity contribution >= 4 is 6.47 Å². The number of carbonyl (C=O) groups is 1. The number of benzene rings is 1. The summed E-state index contributed by atoms with van der Waals surface area (Å²) in [5.74, 6) is 1.36. The fourth-order valence-electron chi connectivity index (χ4n) is 1.74. The molecule has 1 aromatic carbocycles. The fourth-order valence-corrected chi connectivity index (χ4v) is 1.74. The quantitative estimate of drug-likeness (QED) is 0.465. The Labute approximate surface area is 109 Å². The molecule has 1 rings (SSSR count). The van der Waals surface area contributed by atoms with Crippen molar-refractivity contribution in [3.63, 3.8) is 0 Å². The summed E-state index contributed by atoms with van der Waals surface area (Å²) in [7, 11) is 0. The van der Waals surface area contributed by atoms with Crippen molar-refractivity contribution in [2.75, 3.05) is 6.61 Å². The minimum absolute atomic E-state index is 0.423. The van der Waals surface area contributed by atoms with E-state index in [9.17, 15) is 4.79 Å². The van der Waals surface area contributed by atoms with Crippen molar-refractivity contribution in [2.24, 2.45) is 0 Å². The van der Waals surface area contributed by atoms with Crippen LogP contribution in [0, 0.1) is 0 Å². The van der Waals surface area contributed by atoms with Gasteiger partial charge in [0.25, 0.3) is 6.47 Å². The maximum Gasteiger partial charge on any atom is 0.298 e. The molecule has 0 unspecified atom stereocenters. The van der Waals surface area contributed by atoms with E-state index in [0.29, 0.717) is 12.2 Å². The Bertz CT molecular complexity index is 319. The van der Waals surface area contributed by atoms with Crippen LogP contribution in [0.3, 0.4) is 0 Å². The molecule has 18 heavy (non-hydrogen) atoms. The van der Waals surface area contributed by atoms with Gasteiger partial charge >= 0.3 is 0 Å². The zero-order chi connectivity index (χ0) is 13.1.